The molecule has 1 heterocycles. The van der Waals surface area contributed by atoms with Crippen molar-refractivity contribution in [2.75, 3.05) is 45.5 Å². The number of benzene rings is 1. The molecule has 1 saturated heterocycles. The molecule has 118 valence electrons. The number of sulfonamides is 1. The molecule has 6 heteroatoms. The van der Waals surface area contributed by atoms with Crippen LogP contribution < -0.4 is 5.32 Å². The van der Waals surface area contributed by atoms with E-state index in [9.17, 15) is 8.42 Å². The number of hydrogen-bond donors (Lipinski definition) is 1. The number of rotatable bonds is 6. The molecule has 1 aromatic rings. The highest BCUT2D eigenvalue weighted by Crippen LogP contribution is 2.16. The summed E-state index contributed by atoms with van der Waals surface area (Å²) < 4.78 is 24.6. The third-order valence-corrected chi connectivity index (χ3v) is 5.20. The predicted octanol–water partition coefficient (Wildman–Crippen LogP) is 0.914. The highest BCUT2D eigenvalue weighted by molar-refractivity contribution is 7.88. The first-order chi connectivity index (χ1) is 10.0. The molecule has 2 rings (SSSR count). The van der Waals surface area contributed by atoms with Crippen LogP contribution in [0.3, 0.4) is 0 Å². The SMILES string of the molecule is CCNC(CN1CCN(S(C)(=O)=O)CC1)c1ccccc1. The minimum absolute atomic E-state index is 0.293. The minimum Gasteiger partial charge on any atom is -0.309 e. The number of nitrogens with one attached hydrogen (secondary N) is 1. The van der Waals surface area contributed by atoms with Gasteiger partial charge in [-0.25, -0.2) is 8.42 Å². The average Bonchev–Trinajstić information content (AvgIpc) is 2.47. The molecular weight excluding hydrogens is 286 g/mol. The van der Waals surface area contributed by atoms with Crippen LogP contribution in [0.2, 0.25) is 0 Å². The van der Waals surface area contributed by atoms with Gasteiger partial charge in [0.1, 0.15) is 0 Å². The van der Waals surface area contributed by atoms with E-state index in [1.54, 1.807) is 4.31 Å². The van der Waals surface area contributed by atoms with Crippen LogP contribution in [0.4, 0.5) is 0 Å². The van der Waals surface area contributed by atoms with Gasteiger partial charge in [-0.15, -0.1) is 0 Å². The van der Waals surface area contributed by atoms with Crippen molar-refractivity contribution >= 4 is 10.0 Å². The summed E-state index contributed by atoms with van der Waals surface area (Å²) in [6.45, 7) is 6.71. The molecule has 1 unspecified atom stereocenters. The van der Waals surface area contributed by atoms with E-state index >= 15 is 0 Å². The predicted molar refractivity (Wildman–Crippen MR) is 85.7 cm³/mol. The van der Waals surface area contributed by atoms with Crippen molar-refractivity contribution in [1.29, 1.82) is 0 Å². The Bertz CT molecular complexity index is 525. The van der Waals surface area contributed by atoms with Crippen molar-refractivity contribution in [3.05, 3.63) is 35.9 Å². The monoisotopic (exact) mass is 311 g/mol. The third-order valence-electron chi connectivity index (χ3n) is 3.89. The molecule has 0 radical (unpaired) electrons. The second-order valence-electron chi connectivity index (χ2n) is 5.48. The summed E-state index contributed by atoms with van der Waals surface area (Å²) >= 11 is 0. The van der Waals surface area contributed by atoms with E-state index < -0.39 is 10.0 Å². The summed E-state index contributed by atoms with van der Waals surface area (Å²) in [6, 6.07) is 10.7. The van der Waals surface area contributed by atoms with E-state index in [1.165, 1.54) is 11.8 Å². The van der Waals surface area contributed by atoms with E-state index in [1.807, 2.05) is 6.07 Å². The molecule has 1 fully saturated rings. The summed E-state index contributed by atoms with van der Waals surface area (Å²) in [5, 5.41) is 3.51. The van der Waals surface area contributed by atoms with Crippen molar-refractivity contribution < 1.29 is 8.42 Å². The van der Waals surface area contributed by atoms with Gasteiger partial charge in [0.25, 0.3) is 0 Å². The Labute approximate surface area is 128 Å². The molecule has 0 amide bonds. The Morgan fingerprint density at radius 3 is 2.29 bits per heavy atom. The van der Waals surface area contributed by atoms with Crippen LogP contribution in [0.5, 0.6) is 0 Å². The van der Waals surface area contributed by atoms with Gasteiger partial charge in [0.05, 0.1) is 6.26 Å². The maximum atomic E-state index is 11.5. The first-order valence-electron chi connectivity index (χ1n) is 7.46. The number of nitrogens with zero attached hydrogens (tertiary/aromatic N) is 2. The zero-order chi connectivity index (χ0) is 15.3. The van der Waals surface area contributed by atoms with Gasteiger partial charge in [-0.1, -0.05) is 37.3 Å². The summed E-state index contributed by atoms with van der Waals surface area (Å²) in [5.74, 6) is 0. The molecule has 21 heavy (non-hydrogen) atoms. The van der Waals surface area contributed by atoms with Gasteiger partial charge < -0.3 is 5.32 Å². The normalized spacial score (nSPS) is 19.5. The van der Waals surface area contributed by atoms with Gasteiger partial charge in [0.2, 0.25) is 10.0 Å². The fraction of sp³-hybridized carbons (Fsp3) is 0.600. The first kappa shape index (κ1) is 16.4. The molecule has 5 nitrogen and oxygen atoms in total. The van der Waals surface area contributed by atoms with Crippen LogP contribution in [-0.4, -0.2) is 63.1 Å². The van der Waals surface area contributed by atoms with E-state index in [2.05, 4.69) is 41.4 Å². The van der Waals surface area contributed by atoms with Gasteiger partial charge in [-0.2, -0.15) is 4.31 Å². The average molecular weight is 311 g/mol. The number of likely N-dealkylation sites (N-methyl/N-ethyl adjacent to an activating group) is 1. The summed E-state index contributed by atoms with van der Waals surface area (Å²) in [5.41, 5.74) is 1.28. The molecule has 0 aliphatic carbocycles. The van der Waals surface area contributed by atoms with Crippen molar-refractivity contribution in [2.24, 2.45) is 0 Å². The lowest BCUT2D eigenvalue weighted by Crippen LogP contribution is -2.50. The van der Waals surface area contributed by atoms with Crippen LogP contribution in [-0.2, 0) is 10.0 Å². The molecule has 1 aliphatic rings. The summed E-state index contributed by atoms with van der Waals surface area (Å²) in [7, 11) is -3.05. The van der Waals surface area contributed by atoms with Gasteiger partial charge in [0, 0.05) is 38.8 Å². The van der Waals surface area contributed by atoms with E-state index in [0.717, 1.165) is 26.2 Å². The molecule has 1 atom stereocenters. The van der Waals surface area contributed by atoms with Gasteiger partial charge in [-0.3, -0.25) is 4.90 Å². The van der Waals surface area contributed by atoms with Gasteiger partial charge in [-0.05, 0) is 12.1 Å². The largest absolute Gasteiger partial charge is 0.309 e. The van der Waals surface area contributed by atoms with Crippen molar-refractivity contribution in [3.8, 4) is 0 Å². The van der Waals surface area contributed by atoms with Crippen LogP contribution in [0, 0.1) is 0 Å². The Morgan fingerprint density at radius 1 is 1.14 bits per heavy atom. The minimum atomic E-state index is -3.05. The zero-order valence-corrected chi connectivity index (χ0v) is 13.6. The Morgan fingerprint density at radius 2 is 1.76 bits per heavy atom. The van der Waals surface area contributed by atoms with Crippen molar-refractivity contribution in [1.82, 2.24) is 14.5 Å². The third kappa shape index (κ3) is 4.78. The number of piperazine rings is 1. The van der Waals surface area contributed by atoms with Crippen LogP contribution in [0.25, 0.3) is 0 Å². The smallest absolute Gasteiger partial charge is 0.211 e. The Hall–Kier alpha value is -0.950. The number of hydrogen-bond acceptors (Lipinski definition) is 4. The lowest BCUT2D eigenvalue weighted by atomic mass is 10.1. The molecule has 0 bridgehead atoms. The summed E-state index contributed by atoms with van der Waals surface area (Å²) in [4.78, 5) is 2.34. The Kier molecular flexibility index (Phi) is 5.75. The Balaban J connectivity index is 1.94. The fourth-order valence-corrected chi connectivity index (χ4v) is 3.55. The topological polar surface area (TPSA) is 52.6 Å². The molecule has 0 aromatic heterocycles. The van der Waals surface area contributed by atoms with Crippen molar-refractivity contribution in [3.63, 3.8) is 0 Å². The molecule has 1 aromatic carbocycles. The maximum Gasteiger partial charge on any atom is 0.211 e. The highest BCUT2D eigenvalue weighted by Gasteiger charge is 2.25. The lowest BCUT2D eigenvalue weighted by molar-refractivity contribution is 0.173. The first-order valence-corrected chi connectivity index (χ1v) is 9.31. The van der Waals surface area contributed by atoms with Gasteiger partial charge in [0.15, 0.2) is 0 Å². The molecular formula is C15H25N3O2S. The molecule has 1 aliphatic heterocycles. The van der Waals surface area contributed by atoms with Crippen molar-refractivity contribution in [2.45, 2.75) is 13.0 Å². The van der Waals surface area contributed by atoms with Gasteiger partial charge >= 0.3 is 0 Å². The van der Waals surface area contributed by atoms with E-state index in [0.29, 0.717) is 19.1 Å². The van der Waals surface area contributed by atoms with Crippen LogP contribution in [0.15, 0.2) is 30.3 Å². The maximum absolute atomic E-state index is 11.5. The summed E-state index contributed by atoms with van der Waals surface area (Å²) in [6.07, 6.45) is 1.29. The fourth-order valence-electron chi connectivity index (χ4n) is 2.72. The second-order valence-corrected chi connectivity index (χ2v) is 7.47. The van der Waals surface area contributed by atoms with Crippen LogP contribution >= 0.6 is 0 Å². The van der Waals surface area contributed by atoms with Crippen LogP contribution in [0.1, 0.15) is 18.5 Å². The van der Waals surface area contributed by atoms with E-state index in [-0.39, 0.29) is 0 Å². The quantitative estimate of drug-likeness (QED) is 0.849. The highest BCUT2D eigenvalue weighted by atomic mass is 32.2. The zero-order valence-electron chi connectivity index (χ0n) is 12.8. The lowest BCUT2D eigenvalue weighted by Gasteiger charge is -2.35. The standard InChI is InChI=1S/C15H25N3O2S/c1-3-16-15(14-7-5-4-6-8-14)13-17-9-11-18(12-10-17)21(2,19)20/h4-8,15-16H,3,9-13H2,1-2H3. The molecule has 0 spiro atoms. The molecule has 0 saturated carbocycles. The molecule has 1 N–H and O–H groups in total. The second kappa shape index (κ2) is 7.35. The van der Waals surface area contributed by atoms with E-state index in [4.69, 9.17) is 0 Å².